The van der Waals surface area contributed by atoms with Gasteiger partial charge in [-0.1, -0.05) is 31.2 Å². The molecule has 0 radical (unpaired) electrons. The van der Waals surface area contributed by atoms with Gasteiger partial charge >= 0.3 is 0 Å². The highest BCUT2D eigenvalue weighted by molar-refractivity contribution is 5.95. The van der Waals surface area contributed by atoms with E-state index in [1.54, 1.807) is 23.1 Å². The third-order valence-corrected chi connectivity index (χ3v) is 8.07. The summed E-state index contributed by atoms with van der Waals surface area (Å²) in [6.45, 7) is 4.29. The van der Waals surface area contributed by atoms with E-state index in [0.717, 1.165) is 62.5 Å². The van der Waals surface area contributed by atoms with E-state index in [1.807, 2.05) is 18.2 Å². The molecule has 7 heteroatoms. The fraction of sp³-hybridized carbons (Fsp3) is 0.483. The minimum Gasteiger partial charge on any atom is -0.378 e. The lowest BCUT2D eigenvalue weighted by molar-refractivity contribution is -0.0212. The molecule has 1 amide bonds. The van der Waals surface area contributed by atoms with Gasteiger partial charge in [-0.25, -0.2) is 9.49 Å². The van der Waals surface area contributed by atoms with Gasteiger partial charge in [-0.05, 0) is 74.1 Å². The van der Waals surface area contributed by atoms with Crippen molar-refractivity contribution < 1.29 is 13.9 Å². The summed E-state index contributed by atoms with van der Waals surface area (Å²) in [4.78, 5) is 27.2. The molecule has 1 saturated heterocycles. The summed E-state index contributed by atoms with van der Waals surface area (Å²) in [6, 6.07) is 12.0. The number of rotatable bonds is 6. The number of carbonyl (C=O) groups is 1. The number of hydrogen-bond donors (Lipinski definition) is 1. The fourth-order valence-corrected chi connectivity index (χ4v) is 5.86. The average Bonchev–Trinajstić information content (AvgIpc) is 2.91. The van der Waals surface area contributed by atoms with Crippen molar-refractivity contribution in [1.29, 1.82) is 0 Å². The number of H-pyrrole nitrogens is 1. The van der Waals surface area contributed by atoms with Crippen molar-refractivity contribution in [3.63, 3.8) is 0 Å². The molecule has 0 atom stereocenters. The van der Waals surface area contributed by atoms with Crippen molar-refractivity contribution in [3.05, 3.63) is 75.5 Å². The number of nitrogens with one attached hydrogen (secondary N) is 1. The van der Waals surface area contributed by atoms with Crippen LogP contribution < -0.4 is 5.56 Å². The standard InChI is InChI=1S/C29H34FN3O3/c1-2-17-36-21-9-11-29(12-10-21)13-15-33(16-14-29)28(35)24-18-20(7-8-25(24)30)19-26-22-5-3-4-6-23(22)27(34)32-31-26/h3-8,18,21H,2,9-17,19H2,1H3,(H,32,34). The maximum Gasteiger partial charge on any atom is 0.272 e. The van der Waals surface area contributed by atoms with Crippen LogP contribution in [0.5, 0.6) is 0 Å². The summed E-state index contributed by atoms with van der Waals surface area (Å²) in [6.07, 6.45) is 8.23. The monoisotopic (exact) mass is 491 g/mol. The Morgan fingerprint density at radius 3 is 2.56 bits per heavy atom. The Morgan fingerprint density at radius 2 is 1.83 bits per heavy atom. The van der Waals surface area contributed by atoms with Crippen LogP contribution in [0.1, 0.15) is 73.5 Å². The molecule has 1 aliphatic heterocycles. The summed E-state index contributed by atoms with van der Waals surface area (Å²) in [5.74, 6) is -0.750. The second kappa shape index (κ2) is 10.5. The van der Waals surface area contributed by atoms with Crippen LogP contribution in [0.2, 0.25) is 0 Å². The van der Waals surface area contributed by atoms with Gasteiger partial charge in [0, 0.05) is 31.5 Å². The second-order valence-corrected chi connectivity index (χ2v) is 10.4. The molecular weight excluding hydrogens is 457 g/mol. The molecule has 5 rings (SSSR count). The third-order valence-electron chi connectivity index (χ3n) is 8.07. The lowest BCUT2D eigenvalue weighted by Crippen LogP contribution is -2.45. The second-order valence-electron chi connectivity index (χ2n) is 10.4. The predicted molar refractivity (Wildman–Crippen MR) is 138 cm³/mol. The van der Waals surface area contributed by atoms with Crippen molar-refractivity contribution in [2.75, 3.05) is 19.7 Å². The van der Waals surface area contributed by atoms with E-state index in [9.17, 15) is 14.0 Å². The Kier molecular flexibility index (Phi) is 7.19. The Hall–Kier alpha value is -3.06. The summed E-state index contributed by atoms with van der Waals surface area (Å²) < 4.78 is 20.7. The maximum atomic E-state index is 14.8. The first-order chi connectivity index (χ1) is 17.5. The van der Waals surface area contributed by atoms with E-state index in [0.29, 0.717) is 42.1 Å². The third kappa shape index (κ3) is 5.07. The van der Waals surface area contributed by atoms with Crippen molar-refractivity contribution in [2.45, 2.75) is 64.4 Å². The Balaban J connectivity index is 1.26. The zero-order valence-corrected chi connectivity index (χ0v) is 20.9. The largest absolute Gasteiger partial charge is 0.378 e. The average molecular weight is 492 g/mol. The molecular formula is C29H34FN3O3. The van der Waals surface area contributed by atoms with E-state index in [4.69, 9.17) is 4.74 Å². The van der Waals surface area contributed by atoms with E-state index in [-0.39, 0.29) is 17.0 Å². The molecule has 0 bridgehead atoms. The molecule has 1 N–H and O–H groups in total. The molecule has 3 aromatic rings. The summed E-state index contributed by atoms with van der Waals surface area (Å²) in [5.41, 5.74) is 1.63. The molecule has 1 spiro atoms. The van der Waals surface area contributed by atoms with Gasteiger partial charge in [-0.2, -0.15) is 5.10 Å². The Bertz CT molecular complexity index is 1290. The molecule has 1 aromatic heterocycles. The highest BCUT2D eigenvalue weighted by atomic mass is 19.1. The lowest BCUT2D eigenvalue weighted by Gasteiger charge is -2.46. The van der Waals surface area contributed by atoms with Crippen LogP contribution in [0.4, 0.5) is 4.39 Å². The molecule has 6 nitrogen and oxygen atoms in total. The number of ether oxygens (including phenoxy) is 1. The smallest absolute Gasteiger partial charge is 0.272 e. The summed E-state index contributed by atoms with van der Waals surface area (Å²) in [7, 11) is 0. The minimum atomic E-state index is -0.503. The lowest BCUT2D eigenvalue weighted by atomic mass is 9.67. The first-order valence-electron chi connectivity index (χ1n) is 13.1. The van der Waals surface area contributed by atoms with E-state index in [1.165, 1.54) is 6.07 Å². The molecule has 2 aromatic carbocycles. The van der Waals surface area contributed by atoms with Gasteiger partial charge in [-0.15, -0.1) is 0 Å². The van der Waals surface area contributed by atoms with Gasteiger partial charge in [-0.3, -0.25) is 9.59 Å². The Labute approximate surface area is 210 Å². The number of likely N-dealkylation sites (tertiary alicyclic amines) is 1. The van der Waals surface area contributed by atoms with Gasteiger partial charge < -0.3 is 9.64 Å². The number of aromatic amines is 1. The molecule has 1 saturated carbocycles. The zero-order valence-electron chi connectivity index (χ0n) is 20.9. The Morgan fingerprint density at radius 1 is 1.11 bits per heavy atom. The number of aromatic nitrogens is 2. The highest BCUT2D eigenvalue weighted by Gasteiger charge is 2.39. The van der Waals surface area contributed by atoms with Gasteiger partial charge in [0.2, 0.25) is 0 Å². The topological polar surface area (TPSA) is 75.3 Å². The van der Waals surface area contributed by atoms with Crippen molar-refractivity contribution >= 4 is 16.7 Å². The summed E-state index contributed by atoms with van der Waals surface area (Å²) >= 11 is 0. The zero-order chi connectivity index (χ0) is 25.1. The van der Waals surface area contributed by atoms with Crippen LogP contribution in [-0.2, 0) is 11.2 Å². The number of piperidine rings is 1. The summed E-state index contributed by atoms with van der Waals surface area (Å²) in [5, 5.41) is 8.09. The van der Waals surface area contributed by atoms with Crippen molar-refractivity contribution in [3.8, 4) is 0 Å². The SMILES string of the molecule is CCCOC1CCC2(CC1)CCN(C(=O)c1cc(Cc3n[nH]c(=O)c4ccccc34)ccc1F)CC2. The molecule has 0 unspecified atom stereocenters. The van der Waals surface area contributed by atoms with Crippen LogP contribution in [0.3, 0.4) is 0 Å². The predicted octanol–water partition coefficient (Wildman–Crippen LogP) is 5.24. The van der Waals surface area contributed by atoms with E-state index >= 15 is 0 Å². The van der Waals surface area contributed by atoms with E-state index in [2.05, 4.69) is 17.1 Å². The first kappa shape index (κ1) is 24.6. The highest BCUT2D eigenvalue weighted by Crippen LogP contribution is 2.45. The maximum absolute atomic E-state index is 14.8. The van der Waals surface area contributed by atoms with Gasteiger partial charge in [0.15, 0.2) is 0 Å². The number of hydrogen-bond acceptors (Lipinski definition) is 4. The molecule has 2 aliphatic rings. The van der Waals surface area contributed by atoms with Crippen molar-refractivity contribution in [1.82, 2.24) is 15.1 Å². The number of nitrogens with zero attached hydrogens (tertiary/aromatic N) is 2. The van der Waals surface area contributed by atoms with Gasteiger partial charge in [0.1, 0.15) is 5.82 Å². The molecule has 2 heterocycles. The number of halogens is 1. The normalized spacial score (nSPS) is 18.1. The molecule has 2 fully saturated rings. The van der Waals surface area contributed by atoms with Crippen LogP contribution in [-0.4, -0.2) is 46.8 Å². The van der Waals surface area contributed by atoms with Crippen LogP contribution in [0.25, 0.3) is 10.8 Å². The number of carbonyl (C=O) groups excluding carboxylic acids is 1. The number of amides is 1. The fourth-order valence-electron chi connectivity index (χ4n) is 5.86. The van der Waals surface area contributed by atoms with Crippen LogP contribution in [0.15, 0.2) is 47.3 Å². The van der Waals surface area contributed by atoms with Gasteiger partial charge in [0.05, 0.1) is 22.7 Å². The number of fused-ring (bicyclic) bond motifs is 1. The first-order valence-corrected chi connectivity index (χ1v) is 13.1. The minimum absolute atomic E-state index is 0.105. The quantitative estimate of drug-likeness (QED) is 0.511. The van der Waals surface area contributed by atoms with Crippen LogP contribution >= 0.6 is 0 Å². The molecule has 190 valence electrons. The molecule has 36 heavy (non-hydrogen) atoms. The van der Waals surface area contributed by atoms with Crippen LogP contribution in [0, 0.1) is 11.2 Å². The van der Waals surface area contributed by atoms with Gasteiger partial charge in [0.25, 0.3) is 11.5 Å². The van der Waals surface area contributed by atoms with E-state index < -0.39 is 5.82 Å². The van der Waals surface area contributed by atoms with Crippen molar-refractivity contribution in [2.24, 2.45) is 5.41 Å². The molecule has 1 aliphatic carbocycles. The number of benzene rings is 2.